The third kappa shape index (κ3) is 2.93. The van der Waals surface area contributed by atoms with E-state index in [1.54, 1.807) is 13.8 Å². The zero-order valence-corrected chi connectivity index (χ0v) is 10.5. The fourth-order valence-corrected chi connectivity index (χ4v) is 2.01. The van der Waals surface area contributed by atoms with Crippen LogP contribution in [0, 0.1) is 10.1 Å². The zero-order chi connectivity index (χ0) is 14.1. The summed E-state index contributed by atoms with van der Waals surface area (Å²) in [5, 5.41) is 10.6. The highest BCUT2D eigenvalue weighted by Gasteiger charge is 2.35. The van der Waals surface area contributed by atoms with E-state index in [-0.39, 0.29) is 16.5 Å². The maximum absolute atomic E-state index is 12.5. The number of nitro groups is 1. The summed E-state index contributed by atoms with van der Waals surface area (Å²) in [7, 11) is 0. The molecular weight excluding hydrogens is 271 g/mol. The van der Waals surface area contributed by atoms with Gasteiger partial charge in [-0.05, 0) is 18.4 Å². The molecule has 0 amide bonds. The van der Waals surface area contributed by atoms with Crippen LogP contribution in [-0.4, -0.2) is 4.92 Å². The molecule has 0 saturated carbocycles. The highest BCUT2D eigenvalue weighted by Crippen LogP contribution is 2.40. The number of nitro benzene ring substituents is 1. The van der Waals surface area contributed by atoms with Gasteiger partial charge < -0.3 is 0 Å². The highest BCUT2D eigenvalue weighted by molar-refractivity contribution is 6.31. The Kier molecular flexibility index (Phi) is 4.21. The molecule has 1 aromatic carbocycles. The van der Waals surface area contributed by atoms with Crippen molar-refractivity contribution in [3.63, 3.8) is 0 Å². The van der Waals surface area contributed by atoms with Gasteiger partial charge in [0.15, 0.2) is 0 Å². The molecule has 18 heavy (non-hydrogen) atoms. The van der Waals surface area contributed by atoms with Gasteiger partial charge in [0.2, 0.25) is 0 Å². The van der Waals surface area contributed by atoms with E-state index in [4.69, 9.17) is 11.6 Å². The summed E-state index contributed by atoms with van der Waals surface area (Å²) in [4.78, 5) is 10.0. The van der Waals surface area contributed by atoms with Gasteiger partial charge in [-0.1, -0.05) is 25.4 Å². The molecule has 7 heteroatoms. The van der Waals surface area contributed by atoms with Crippen molar-refractivity contribution < 1.29 is 18.1 Å². The second-order valence-electron chi connectivity index (χ2n) is 3.96. The molecule has 3 nitrogen and oxygen atoms in total. The molecule has 1 unspecified atom stereocenters. The van der Waals surface area contributed by atoms with Crippen molar-refractivity contribution in [1.29, 1.82) is 0 Å². The first kappa shape index (κ1) is 14.8. The van der Waals surface area contributed by atoms with E-state index < -0.39 is 22.4 Å². The number of nitrogens with zero attached hydrogens (tertiary/aromatic N) is 1. The van der Waals surface area contributed by atoms with Crippen molar-refractivity contribution in [2.24, 2.45) is 0 Å². The Morgan fingerprint density at radius 2 is 2.00 bits per heavy atom. The summed E-state index contributed by atoms with van der Waals surface area (Å²) in [6, 6.07) is 1.27. The Morgan fingerprint density at radius 1 is 1.44 bits per heavy atom. The van der Waals surface area contributed by atoms with Gasteiger partial charge in [0.1, 0.15) is 0 Å². The Balaban J connectivity index is 3.51. The Labute approximate surface area is 107 Å². The number of benzene rings is 1. The molecule has 0 fully saturated rings. The van der Waals surface area contributed by atoms with Gasteiger partial charge in [0.25, 0.3) is 5.69 Å². The second-order valence-corrected chi connectivity index (χ2v) is 4.36. The monoisotopic (exact) mass is 281 g/mol. The average Bonchev–Trinajstić information content (AvgIpc) is 2.25. The second kappa shape index (κ2) is 5.14. The van der Waals surface area contributed by atoms with E-state index in [1.807, 2.05) is 0 Å². The van der Waals surface area contributed by atoms with Crippen molar-refractivity contribution in [2.45, 2.75) is 32.4 Å². The molecular formula is C11H11ClF3NO2. The minimum absolute atomic E-state index is 0.150. The van der Waals surface area contributed by atoms with E-state index in [0.29, 0.717) is 12.5 Å². The lowest BCUT2D eigenvalue weighted by atomic mass is 9.95. The van der Waals surface area contributed by atoms with Gasteiger partial charge >= 0.3 is 6.18 Å². The van der Waals surface area contributed by atoms with Crippen LogP contribution in [0.2, 0.25) is 5.02 Å². The van der Waals surface area contributed by atoms with Gasteiger partial charge in [-0.2, -0.15) is 13.2 Å². The summed E-state index contributed by atoms with van der Waals surface area (Å²) in [6.07, 6.45) is -4.10. The summed E-state index contributed by atoms with van der Waals surface area (Å²) < 4.78 is 37.6. The smallest absolute Gasteiger partial charge is 0.258 e. The number of rotatable bonds is 3. The number of alkyl halides is 3. The van der Waals surface area contributed by atoms with E-state index >= 15 is 0 Å². The van der Waals surface area contributed by atoms with Crippen LogP contribution in [0.1, 0.15) is 37.3 Å². The fourth-order valence-electron chi connectivity index (χ4n) is 1.61. The van der Waals surface area contributed by atoms with Crippen LogP contribution in [0.3, 0.4) is 0 Å². The van der Waals surface area contributed by atoms with E-state index in [2.05, 4.69) is 0 Å². The molecule has 0 bridgehead atoms. The summed E-state index contributed by atoms with van der Waals surface area (Å²) in [5.41, 5.74) is -1.53. The van der Waals surface area contributed by atoms with Crippen LogP contribution < -0.4 is 0 Å². The Morgan fingerprint density at radius 3 is 2.39 bits per heavy atom. The van der Waals surface area contributed by atoms with Gasteiger partial charge in [-0.25, -0.2) is 0 Å². The molecule has 0 N–H and O–H groups in total. The molecule has 0 spiro atoms. The molecule has 0 saturated heterocycles. The van der Waals surface area contributed by atoms with Crippen LogP contribution in [0.15, 0.2) is 12.1 Å². The van der Waals surface area contributed by atoms with Crippen molar-refractivity contribution >= 4 is 17.3 Å². The minimum Gasteiger partial charge on any atom is -0.258 e. The van der Waals surface area contributed by atoms with Crippen LogP contribution in [0.4, 0.5) is 18.9 Å². The first-order valence-corrected chi connectivity index (χ1v) is 5.61. The molecule has 1 rings (SSSR count). The van der Waals surface area contributed by atoms with Gasteiger partial charge in [-0.15, -0.1) is 0 Å². The normalized spacial score (nSPS) is 13.4. The third-order valence-corrected chi connectivity index (χ3v) is 3.05. The van der Waals surface area contributed by atoms with Crippen LogP contribution in [0.25, 0.3) is 0 Å². The average molecular weight is 282 g/mol. The summed E-state index contributed by atoms with van der Waals surface area (Å²) in [6.45, 7) is 3.46. The van der Waals surface area contributed by atoms with Gasteiger partial charge in [0, 0.05) is 6.07 Å². The molecule has 0 aliphatic heterocycles. The van der Waals surface area contributed by atoms with Crippen molar-refractivity contribution in [3.05, 3.63) is 38.4 Å². The molecule has 1 aromatic rings. The fraction of sp³-hybridized carbons (Fsp3) is 0.455. The van der Waals surface area contributed by atoms with Gasteiger partial charge in [-0.3, -0.25) is 10.1 Å². The van der Waals surface area contributed by atoms with E-state index in [9.17, 15) is 23.3 Å². The lowest BCUT2D eigenvalue weighted by Gasteiger charge is -2.14. The Bertz CT molecular complexity index is 474. The topological polar surface area (TPSA) is 43.1 Å². The first-order chi connectivity index (χ1) is 8.18. The van der Waals surface area contributed by atoms with Crippen LogP contribution in [0.5, 0.6) is 0 Å². The minimum atomic E-state index is -4.65. The molecule has 0 aliphatic carbocycles. The lowest BCUT2D eigenvalue weighted by molar-refractivity contribution is -0.385. The van der Waals surface area contributed by atoms with Crippen LogP contribution >= 0.6 is 11.6 Å². The molecule has 1 atom stereocenters. The predicted octanol–water partition coefficient (Wildman–Crippen LogP) is 4.78. The first-order valence-electron chi connectivity index (χ1n) is 5.23. The quantitative estimate of drug-likeness (QED) is 0.591. The molecule has 0 heterocycles. The van der Waals surface area contributed by atoms with Crippen molar-refractivity contribution in [1.82, 2.24) is 0 Å². The highest BCUT2D eigenvalue weighted by atomic mass is 35.5. The van der Waals surface area contributed by atoms with Gasteiger partial charge in [0.05, 0.1) is 21.1 Å². The number of hydrogen-bond donors (Lipinski definition) is 0. The zero-order valence-electron chi connectivity index (χ0n) is 9.71. The molecule has 0 radical (unpaired) electrons. The predicted molar refractivity (Wildman–Crippen MR) is 61.8 cm³/mol. The lowest BCUT2D eigenvalue weighted by Crippen LogP contribution is -2.08. The van der Waals surface area contributed by atoms with Crippen molar-refractivity contribution in [2.75, 3.05) is 0 Å². The molecule has 0 aromatic heterocycles. The largest absolute Gasteiger partial charge is 0.416 e. The Hall–Kier alpha value is -1.30. The van der Waals surface area contributed by atoms with E-state index in [0.717, 1.165) is 6.07 Å². The van der Waals surface area contributed by atoms with Crippen LogP contribution in [-0.2, 0) is 6.18 Å². The molecule has 100 valence electrons. The maximum Gasteiger partial charge on any atom is 0.416 e. The third-order valence-electron chi connectivity index (χ3n) is 2.74. The van der Waals surface area contributed by atoms with E-state index in [1.165, 1.54) is 0 Å². The van der Waals surface area contributed by atoms with Crippen molar-refractivity contribution in [3.8, 4) is 0 Å². The maximum atomic E-state index is 12.5. The molecule has 0 aliphatic rings. The standard InChI is InChI=1S/C11H11ClF3NO2/c1-3-6(2)10-8(12)4-7(11(13,14)15)5-9(10)16(17)18/h4-6H,3H2,1-2H3. The number of hydrogen-bond acceptors (Lipinski definition) is 2. The summed E-state index contributed by atoms with van der Waals surface area (Å²) >= 11 is 5.75. The SMILES string of the molecule is CCC(C)c1c(Cl)cc(C(F)(F)F)cc1[N+](=O)[O-]. The summed E-state index contributed by atoms with van der Waals surface area (Å²) in [5.74, 6) is -0.278. The number of halogens is 4.